The fourth-order valence-corrected chi connectivity index (χ4v) is 2.97. The van der Waals surface area contributed by atoms with E-state index in [-0.39, 0.29) is 11.4 Å². The van der Waals surface area contributed by atoms with Gasteiger partial charge in [-0.15, -0.1) is 0 Å². The standard InChI is InChI=1S/C13H25N3O/c1-12(2,3)15-11(17)8-16-7-5-13(10-16)4-6-14-9-13/h14H,4-10H2,1-3H3,(H,15,17). The summed E-state index contributed by atoms with van der Waals surface area (Å²) in [6.07, 6.45) is 2.51. The Morgan fingerprint density at radius 1 is 1.41 bits per heavy atom. The number of likely N-dealkylation sites (tertiary alicyclic amines) is 1. The quantitative estimate of drug-likeness (QED) is 0.741. The fourth-order valence-electron chi connectivity index (χ4n) is 2.97. The van der Waals surface area contributed by atoms with Crippen molar-refractivity contribution in [3.8, 4) is 0 Å². The molecule has 2 heterocycles. The van der Waals surface area contributed by atoms with Gasteiger partial charge in [0.2, 0.25) is 5.91 Å². The number of rotatable bonds is 2. The molecule has 0 radical (unpaired) electrons. The van der Waals surface area contributed by atoms with Crippen LogP contribution in [0, 0.1) is 5.41 Å². The monoisotopic (exact) mass is 239 g/mol. The molecule has 0 aliphatic carbocycles. The Morgan fingerprint density at radius 2 is 2.18 bits per heavy atom. The van der Waals surface area contributed by atoms with Gasteiger partial charge >= 0.3 is 0 Å². The van der Waals surface area contributed by atoms with E-state index in [4.69, 9.17) is 0 Å². The highest BCUT2D eigenvalue weighted by atomic mass is 16.2. The molecule has 1 amide bonds. The second-order valence-corrected chi connectivity index (χ2v) is 6.69. The van der Waals surface area contributed by atoms with E-state index < -0.39 is 0 Å². The molecule has 2 fully saturated rings. The molecule has 0 aromatic heterocycles. The van der Waals surface area contributed by atoms with Crippen LogP contribution in [0.1, 0.15) is 33.6 Å². The molecule has 4 heteroatoms. The summed E-state index contributed by atoms with van der Waals surface area (Å²) >= 11 is 0. The summed E-state index contributed by atoms with van der Waals surface area (Å²) in [6, 6.07) is 0. The van der Waals surface area contributed by atoms with Crippen LogP contribution in [0.2, 0.25) is 0 Å². The number of nitrogens with zero attached hydrogens (tertiary/aromatic N) is 1. The Morgan fingerprint density at radius 3 is 2.76 bits per heavy atom. The lowest BCUT2D eigenvalue weighted by atomic mass is 9.87. The Balaban J connectivity index is 1.79. The normalized spacial score (nSPS) is 30.1. The third-order valence-corrected chi connectivity index (χ3v) is 3.73. The molecule has 0 saturated carbocycles. The molecule has 2 rings (SSSR count). The van der Waals surface area contributed by atoms with Crippen molar-refractivity contribution in [1.82, 2.24) is 15.5 Å². The van der Waals surface area contributed by atoms with Gasteiger partial charge in [0.05, 0.1) is 6.54 Å². The minimum Gasteiger partial charge on any atom is -0.350 e. The van der Waals surface area contributed by atoms with Crippen LogP contribution in [0.4, 0.5) is 0 Å². The van der Waals surface area contributed by atoms with E-state index in [0.29, 0.717) is 12.0 Å². The summed E-state index contributed by atoms with van der Waals surface area (Å²) in [6.45, 7) is 11.0. The van der Waals surface area contributed by atoms with Crippen molar-refractivity contribution in [3.63, 3.8) is 0 Å². The lowest BCUT2D eigenvalue weighted by Crippen LogP contribution is -2.45. The minimum absolute atomic E-state index is 0.122. The predicted octanol–water partition coefficient (Wildman–Crippen LogP) is 0.587. The average Bonchev–Trinajstić information content (AvgIpc) is 2.75. The molecule has 1 spiro atoms. The van der Waals surface area contributed by atoms with Gasteiger partial charge in [-0.2, -0.15) is 0 Å². The van der Waals surface area contributed by atoms with E-state index >= 15 is 0 Å². The number of amides is 1. The Kier molecular flexibility index (Phi) is 3.46. The van der Waals surface area contributed by atoms with Gasteiger partial charge < -0.3 is 10.6 Å². The second kappa shape index (κ2) is 4.58. The van der Waals surface area contributed by atoms with E-state index in [9.17, 15) is 4.79 Å². The van der Waals surface area contributed by atoms with Gasteiger partial charge in [0.15, 0.2) is 0 Å². The highest BCUT2D eigenvalue weighted by Gasteiger charge is 2.40. The number of nitrogens with one attached hydrogen (secondary N) is 2. The molecule has 1 unspecified atom stereocenters. The summed E-state index contributed by atoms with van der Waals surface area (Å²) in [5.74, 6) is 0.153. The second-order valence-electron chi connectivity index (χ2n) is 6.69. The number of carbonyl (C=O) groups is 1. The van der Waals surface area contributed by atoms with Crippen molar-refractivity contribution in [2.24, 2.45) is 5.41 Å². The van der Waals surface area contributed by atoms with Gasteiger partial charge in [-0.25, -0.2) is 0 Å². The van der Waals surface area contributed by atoms with Gasteiger partial charge in [-0.3, -0.25) is 9.69 Å². The Labute approximate surface area is 104 Å². The van der Waals surface area contributed by atoms with Gasteiger partial charge in [-0.1, -0.05) is 0 Å². The molecule has 0 aromatic rings. The molecule has 2 N–H and O–H groups in total. The maximum absolute atomic E-state index is 11.8. The molecule has 2 aliphatic rings. The molecule has 4 nitrogen and oxygen atoms in total. The van der Waals surface area contributed by atoms with Crippen molar-refractivity contribution >= 4 is 5.91 Å². The van der Waals surface area contributed by atoms with Crippen molar-refractivity contribution in [3.05, 3.63) is 0 Å². The summed E-state index contributed by atoms with van der Waals surface area (Å²) in [5.41, 5.74) is 0.339. The third kappa shape index (κ3) is 3.42. The first kappa shape index (κ1) is 12.8. The largest absolute Gasteiger partial charge is 0.350 e. The fraction of sp³-hybridized carbons (Fsp3) is 0.923. The molecular formula is C13H25N3O. The van der Waals surface area contributed by atoms with Crippen LogP contribution in [0.5, 0.6) is 0 Å². The third-order valence-electron chi connectivity index (χ3n) is 3.73. The molecule has 17 heavy (non-hydrogen) atoms. The topological polar surface area (TPSA) is 44.4 Å². The van der Waals surface area contributed by atoms with E-state index in [1.54, 1.807) is 0 Å². The zero-order valence-corrected chi connectivity index (χ0v) is 11.3. The Hall–Kier alpha value is -0.610. The molecular weight excluding hydrogens is 214 g/mol. The summed E-state index contributed by atoms with van der Waals surface area (Å²) in [5, 5.41) is 6.47. The molecule has 98 valence electrons. The summed E-state index contributed by atoms with van der Waals surface area (Å²) < 4.78 is 0. The maximum atomic E-state index is 11.8. The summed E-state index contributed by atoms with van der Waals surface area (Å²) in [7, 11) is 0. The number of hydrogen-bond acceptors (Lipinski definition) is 3. The van der Waals surface area contributed by atoms with E-state index in [2.05, 4.69) is 15.5 Å². The average molecular weight is 239 g/mol. The molecule has 2 saturated heterocycles. The van der Waals surface area contributed by atoms with Gasteiger partial charge in [-0.05, 0) is 52.1 Å². The van der Waals surface area contributed by atoms with Gasteiger partial charge in [0, 0.05) is 18.6 Å². The van der Waals surface area contributed by atoms with Crippen LogP contribution in [0.25, 0.3) is 0 Å². The van der Waals surface area contributed by atoms with Crippen LogP contribution in [-0.4, -0.2) is 49.1 Å². The summed E-state index contributed by atoms with van der Waals surface area (Å²) in [4.78, 5) is 14.1. The lowest BCUT2D eigenvalue weighted by molar-refractivity contribution is -0.123. The van der Waals surface area contributed by atoms with Gasteiger partial charge in [0.1, 0.15) is 0 Å². The smallest absolute Gasteiger partial charge is 0.234 e. The first-order chi connectivity index (χ1) is 7.89. The van der Waals surface area contributed by atoms with Crippen molar-refractivity contribution in [2.75, 3.05) is 32.7 Å². The highest BCUT2D eigenvalue weighted by molar-refractivity contribution is 5.78. The first-order valence-electron chi connectivity index (χ1n) is 6.63. The molecule has 1 atom stereocenters. The van der Waals surface area contributed by atoms with E-state index in [1.807, 2.05) is 20.8 Å². The van der Waals surface area contributed by atoms with Crippen molar-refractivity contribution < 1.29 is 4.79 Å². The maximum Gasteiger partial charge on any atom is 0.234 e. The zero-order chi connectivity index (χ0) is 12.5. The van der Waals surface area contributed by atoms with Crippen molar-refractivity contribution in [2.45, 2.75) is 39.2 Å². The number of carbonyl (C=O) groups excluding carboxylic acids is 1. The molecule has 0 aromatic carbocycles. The molecule has 0 bridgehead atoms. The lowest BCUT2D eigenvalue weighted by Gasteiger charge is -2.25. The Bertz CT molecular complexity index is 290. The minimum atomic E-state index is -0.122. The first-order valence-corrected chi connectivity index (χ1v) is 6.63. The van der Waals surface area contributed by atoms with Gasteiger partial charge in [0.25, 0.3) is 0 Å². The van der Waals surface area contributed by atoms with Crippen LogP contribution in [0.3, 0.4) is 0 Å². The predicted molar refractivity (Wildman–Crippen MR) is 68.9 cm³/mol. The molecule has 2 aliphatic heterocycles. The number of hydrogen-bond donors (Lipinski definition) is 2. The van der Waals surface area contributed by atoms with Crippen LogP contribution in [-0.2, 0) is 4.79 Å². The highest BCUT2D eigenvalue weighted by Crippen LogP contribution is 2.35. The van der Waals surface area contributed by atoms with Crippen LogP contribution >= 0.6 is 0 Å². The van der Waals surface area contributed by atoms with Crippen LogP contribution in [0.15, 0.2) is 0 Å². The van der Waals surface area contributed by atoms with Crippen molar-refractivity contribution in [1.29, 1.82) is 0 Å². The zero-order valence-electron chi connectivity index (χ0n) is 11.3. The van der Waals surface area contributed by atoms with Crippen LogP contribution < -0.4 is 10.6 Å². The van der Waals surface area contributed by atoms with E-state index in [0.717, 1.165) is 26.2 Å². The SMILES string of the molecule is CC(C)(C)NC(=O)CN1CCC2(CCNC2)C1. The van der Waals surface area contributed by atoms with E-state index in [1.165, 1.54) is 12.8 Å².